The van der Waals surface area contributed by atoms with Crippen molar-refractivity contribution in [2.45, 2.75) is 25.8 Å². The fraction of sp³-hybridized carbons (Fsp3) is 0.462. The third kappa shape index (κ3) is 1.40. The minimum Gasteiger partial charge on any atom is -0.323 e. The minimum atomic E-state index is 0.134. The lowest BCUT2D eigenvalue weighted by Gasteiger charge is -2.28. The second kappa shape index (κ2) is 3.17. The van der Waals surface area contributed by atoms with E-state index in [0.717, 1.165) is 11.6 Å². The summed E-state index contributed by atoms with van der Waals surface area (Å²) in [7, 11) is 0. The number of nitrogens with two attached hydrogens (primary N) is 1. The first-order chi connectivity index (χ1) is 7.27. The number of aliphatic imine (C=N–C) groups is 1. The van der Waals surface area contributed by atoms with Gasteiger partial charge < -0.3 is 5.73 Å². The Morgan fingerprint density at radius 3 is 2.73 bits per heavy atom. The zero-order chi connectivity index (χ0) is 10.4. The molecule has 0 spiro atoms. The zero-order valence-electron chi connectivity index (χ0n) is 8.98. The molecule has 0 aromatic heterocycles. The Bertz CT molecular complexity index is 418. The number of benzene rings is 1. The molecule has 2 heteroatoms. The Morgan fingerprint density at radius 2 is 2.00 bits per heavy atom. The molecule has 1 aliphatic carbocycles. The summed E-state index contributed by atoms with van der Waals surface area (Å²) in [5.41, 5.74) is 9.89. The standard InChI is InChI=1S/C13H16N2/c1-8-12(14)10-4-2-3-5-11(10)15-13(8)9-6-7-9/h2-5,8-9,12H,6-7,14H2,1H3. The van der Waals surface area contributed by atoms with Crippen LogP contribution in [0.3, 0.4) is 0 Å². The van der Waals surface area contributed by atoms with Crippen LogP contribution in [-0.2, 0) is 0 Å². The Hall–Kier alpha value is -1.15. The van der Waals surface area contributed by atoms with Gasteiger partial charge in [0.1, 0.15) is 0 Å². The topological polar surface area (TPSA) is 38.4 Å². The summed E-state index contributed by atoms with van der Waals surface area (Å²) >= 11 is 0. The van der Waals surface area contributed by atoms with Crippen LogP contribution in [0.4, 0.5) is 5.69 Å². The number of nitrogens with zero attached hydrogens (tertiary/aromatic N) is 1. The lowest BCUT2D eigenvalue weighted by molar-refractivity contribution is 0.576. The monoisotopic (exact) mass is 200 g/mol. The van der Waals surface area contributed by atoms with Gasteiger partial charge in [-0.2, -0.15) is 0 Å². The van der Waals surface area contributed by atoms with Gasteiger partial charge in [-0.25, -0.2) is 0 Å². The molecule has 2 unspecified atom stereocenters. The van der Waals surface area contributed by atoms with Crippen LogP contribution in [0.2, 0.25) is 0 Å². The van der Waals surface area contributed by atoms with Gasteiger partial charge in [0.25, 0.3) is 0 Å². The maximum atomic E-state index is 6.26. The van der Waals surface area contributed by atoms with Crippen LogP contribution >= 0.6 is 0 Å². The fourth-order valence-corrected chi connectivity index (χ4v) is 2.41. The maximum absolute atomic E-state index is 6.26. The van der Waals surface area contributed by atoms with Crippen molar-refractivity contribution in [3.8, 4) is 0 Å². The molecular formula is C13H16N2. The van der Waals surface area contributed by atoms with Crippen molar-refractivity contribution in [2.24, 2.45) is 22.6 Å². The number of hydrogen-bond acceptors (Lipinski definition) is 2. The van der Waals surface area contributed by atoms with Crippen LogP contribution < -0.4 is 5.73 Å². The number of hydrogen-bond donors (Lipinski definition) is 1. The smallest absolute Gasteiger partial charge is 0.0677 e. The third-order valence-corrected chi connectivity index (χ3v) is 3.55. The molecule has 1 saturated carbocycles. The van der Waals surface area contributed by atoms with Crippen molar-refractivity contribution in [3.63, 3.8) is 0 Å². The molecule has 1 aliphatic heterocycles. The van der Waals surface area contributed by atoms with Gasteiger partial charge in [-0.3, -0.25) is 4.99 Å². The normalized spacial score (nSPS) is 29.6. The molecule has 0 radical (unpaired) electrons. The van der Waals surface area contributed by atoms with E-state index in [-0.39, 0.29) is 6.04 Å². The average Bonchev–Trinajstić information content (AvgIpc) is 3.07. The lowest BCUT2D eigenvalue weighted by atomic mass is 9.85. The van der Waals surface area contributed by atoms with E-state index in [1.807, 2.05) is 12.1 Å². The van der Waals surface area contributed by atoms with Crippen molar-refractivity contribution in [1.29, 1.82) is 0 Å². The molecule has 0 bridgehead atoms. The molecule has 0 amide bonds. The van der Waals surface area contributed by atoms with E-state index in [1.54, 1.807) is 0 Å². The second-order valence-electron chi connectivity index (χ2n) is 4.68. The summed E-state index contributed by atoms with van der Waals surface area (Å²) in [6.45, 7) is 2.21. The average molecular weight is 200 g/mol. The van der Waals surface area contributed by atoms with Crippen LogP contribution in [-0.4, -0.2) is 5.71 Å². The first kappa shape index (κ1) is 9.10. The first-order valence-electron chi connectivity index (χ1n) is 5.70. The summed E-state index contributed by atoms with van der Waals surface area (Å²) in [6, 6.07) is 8.39. The highest BCUT2D eigenvalue weighted by Gasteiger charge is 2.36. The molecule has 2 N–H and O–H groups in total. The van der Waals surface area contributed by atoms with Gasteiger partial charge in [0.15, 0.2) is 0 Å². The summed E-state index contributed by atoms with van der Waals surface area (Å²) in [6.07, 6.45) is 2.61. The van der Waals surface area contributed by atoms with E-state index in [1.165, 1.54) is 24.1 Å². The van der Waals surface area contributed by atoms with Crippen molar-refractivity contribution in [3.05, 3.63) is 29.8 Å². The molecule has 1 fully saturated rings. The van der Waals surface area contributed by atoms with E-state index < -0.39 is 0 Å². The highest BCUT2D eigenvalue weighted by atomic mass is 14.8. The Balaban J connectivity index is 2.09. The molecule has 0 saturated heterocycles. The fourth-order valence-electron chi connectivity index (χ4n) is 2.41. The van der Waals surface area contributed by atoms with Gasteiger partial charge in [-0.1, -0.05) is 25.1 Å². The molecule has 1 aromatic rings. The maximum Gasteiger partial charge on any atom is 0.0677 e. The quantitative estimate of drug-likeness (QED) is 0.743. The number of fused-ring (bicyclic) bond motifs is 1. The molecule has 1 heterocycles. The molecule has 1 aromatic carbocycles. The summed E-state index contributed by atoms with van der Waals surface area (Å²) in [5, 5.41) is 0. The number of para-hydroxylation sites is 1. The van der Waals surface area contributed by atoms with E-state index in [4.69, 9.17) is 10.7 Å². The van der Waals surface area contributed by atoms with Crippen LogP contribution in [0.5, 0.6) is 0 Å². The Labute approximate surface area is 90.2 Å². The Morgan fingerprint density at radius 1 is 1.27 bits per heavy atom. The molecule has 78 valence electrons. The highest BCUT2D eigenvalue weighted by Crippen LogP contribution is 2.42. The summed E-state index contributed by atoms with van der Waals surface area (Å²) in [4.78, 5) is 4.78. The van der Waals surface area contributed by atoms with E-state index >= 15 is 0 Å². The summed E-state index contributed by atoms with van der Waals surface area (Å²) < 4.78 is 0. The van der Waals surface area contributed by atoms with E-state index in [0.29, 0.717) is 5.92 Å². The van der Waals surface area contributed by atoms with Crippen molar-refractivity contribution < 1.29 is 0 Å². The van der Waals surface area contributed by atoms with Gasteiger partial charge in [0.2, 0.25) is 0 Å². The van der Waals surface area contributed by atoms with Crippen molar-refractivity contribution >= 4 is 11.4 Å². The van der Waals surface area contributed by atoms with Crippen LogP contribution in [0.25, 0.3) is 0 Å². The number of rotatable bonds is 1. The molecule has 2 aliphatic rings. The van der Waals surface area contributed by atoms with Gasteiger partial charge in [0, 0.05) is 17.7 Å². The predicted octanol–water partition coefficient (Wildman–Crippen LogP) is 2.82. The van der Waals surface area contributed by atoms with Gasteiger partial charge >= 0.3 is 0 Å². The Kier molecular flexibility index (Phi) is 1.93. The van der Waals surface area contributed by atoms with Gasteiger partial charge in [-0.05, 0) is 30.4 Å². The van der Waals surface area contributed by atoms with E-state index in [2.05, 4.69) is 19.1 Å². The summed E-state index contributed by atoms with van der Waals surface area (Å²) in [5.74, 6) is 1.13. The zero-order valence-corrected chi connectivity index (χ0v) is 8.98. The van der Waals surface area contributed by atoms with Crippen LogP contribution in [0, 0.1) is 11.8 Å². The lowest BCUT2D eigenvalue weighted by Crippen LogP contribution is -2.29. The molecule has 2 atom stereocenters. The molecule has 3 rings (SSSR count). The largest absolute Gasteiger partial charge is 0.323 e. The first-order valence-corrected chi connectivity index (χ1v) is 5.70. The van der Waals surface area contributed by atoms with E-state index in [9.17, 15) is 0 Å². The van der Waals surface area contributed by atoms with Crippen molar-refractivity contribution in [1.82, 2.24) is 0 Å². The predicted molar refractivity (Wildman–Crippen MR) is 62.4 cm³/mol. The molecular weight excluding hydrogens is 184 g/mol. The molecule has 2 nitrogen and oxygen atoms in total. The second-order valence-corrected chi connectivity index (χ2v) is 4.68. The van der Waals surface area contributed by atoms with Crippen LogP contribution in [0.15, 0.2) is 29.3 Å². The van der Waals surface area contributed by atoms with Crippen LogP contribution in [0.1, 0.15) is 31.4 Å². The van der Waals surface area contributed by atoms with Gasteiger partial charge in [-0.15, -0.1) is 0 Å². The minimum absolute atomic E-state index is 0.134. The third-order valence-electron chi connectivity index (χ3n) is 3.55. The SMILES string of the molecule is CC1C(C2CC2)=Nc2ccccc2C1N. The molecule has 15 heavy (non-hydrogen) atoms. The van der Waals surface area contributed by atoms with Crippen molar-refractivity contribution in [2.75, 3.05) is 0 Å². The highest BCUT2D eigenvalue weighted by molar-refractivity contribution is 5.95. The van der Waals surface area contributed by atoms with Gasteiger partial charge in [0.05, 0.1) is 5.69 Å².